The largest absolute Gasteiger partial charge is 0.505 e. The minimum absolute atomic E-state index is 0.0887. The Kier molecular flexibility index (Phi) is 22.2. The topological polar surface area (TPSA) is 355 Å². The second-order valence-corrected chi connectivity index (χ2v) is 21.2. The molecule has 8 N–H and O–H groups in total. The average Bonchev–Trinajstić information content (AvgIpc) is 0.805. The zero-order valence-electron chi connectivity index (χ0n) is 53.3. The molecule has 0 saturated heterocycles. The molecule has 0 bridgehead atoms. The molecule has 24 heteroatoms. The summed E-state index contributed by atoms with van der Waals surface area (Å²) >= 11 is 0. The quantitative estimate of drug-likeness (QED) is 0.0417. The maximum atomic E-state index is 12.2. The van der Waals surface area contributed by atoms with Gasteiger partial charge in [0.05, 0.1) is 14.2 Å². The Morgan fingerprint density at radius 3 is 0.898 bits per heavy atom. The van der Waals surface area contributed by atoms with Gasteiger partial charge in [0.2, 0.25) is 0 Å². The van der Waals surface area contributed by atoms with Gasteiger partial charge in [-0.3, -0.25) is 19.2 Å². The lowest BCUT2D eigenvalue weighted by atomic mass is 10.1. The molecule has 12 aromatic rings. The number of carboxylic acids is 2. The number of aryl methyl sites for hydroxylation is 4. The van der Waals surface area contributed by atoms with Crippen LogP contribution in [0.25, 0.3) is 43.1 Å². The Morgan fingerprint density at radius 1 is 0.337 bits per heavy atom. The van der Waals surface area contributed by atoms with E-state index in [1.54, 1.807) is 100 Å². The van der Waals surface area contributed by atoms with Crippen LogP contribution in [0.5, 0.6) is 69.0 Å². The molecular weight excluding hydrogens is 1260 g/mol. The lowest BCUT2D eigenvalue weighted by molar-refractivity contribution is -0.139. The van der Waals surface area contributed by atoms with Gasteiger partial charge in [0, 0.05) is 65.9 Å². The van der Waals surface area contributed by atoms with Crippen LogP contribution in [-0.4, -0.2) is 114 Å². The van der Waals surface area contributed by atoms with Crippen molar-refractivity contribution in [2.24, 2.45) is 0 Å². The number of benzene rings is 8. The SMILES string of the molecule is COC(=O)CNC(=O)c1nc(C)c2cc(Oc3ccccc3)ccc2c1O.COC(=O)c1nc(C)c2cc(Oc3ccccc3)ccc2c1O.Cc1nc(C(=O)NCC(=O)O)c(O)c2ccc(Oc3ccccc3)cc12.Cc1nc(C(=O)O)c(O)c2ccc(Oc3ccccc3)cc12. The number of para-hydroxylation sites is 4. The Balaban J connectivity index is 0.000000153. The van der Waals surface area contributed by atoms with Crippen molar-refractivity contribution in [2.75, 3.05) is 27.3 Å². The van der Waals surface area contributed by atoms with Gasteiger partial charge in [-0.1, -0.05) is 72.8 Å². The molecule has 0 saturated carbocycles. The number of aliphatic carboxylic acids is 1. The first-order valence-electron chi connectivity index (χ1n) is 29.7. The summed E-state index contributed by atoms with van der Waals surface area (Å²) in [6.07, 6.45) is 0. The maximum Gasteiger partial charge on any atom is 0.360 e. The van der Waals surface area contributed by atoms with Crippen LogP contribution in [0.2, 0.25) is 0 Å². The number of methoxy groups -OCH3 is 2. The van der Waals surface area contributed by atoms with Crippen molar-refractivity contribution in [1.82, 2.24) is 30.6 Å². The zero-order valence-corrected chi connectivity index (χ0v) is 53.3. The van der Waals surface area contributed by atoms with E-state index in [0.717, 1.165) is 0 Å². The number of fused-ring (bicyclic) bond motifs is 4. The summed E-state index contributed by atoms with van der Waals surface area (Å²) in [6.45, 7) is 6.02. The molecule has 0 radical (unpaired) electrons. The summed E-state index contributed by atoms with van der Waals surface area (Å²) in [5.74, 6) is -1.07. The molecule has 0 fully saturated rings. The van der Waals surface area contributed by atoms with Crippen LogP contribution < -0.4 is 29.6 Å². The Labute approximate surface area is 558 Å². The Bertz CT molecular complexity index is 4970. The van der Waals surface area contributed by atoms with E-state index < -0.39 is 42.2 Å². The van der Waals surface area contributed by atoms with E-state index in [4.69, 9.17) is 29.2 Å². The Morgan fingerprint density at radius 2 is 0.612 bits per heavy atom. The van der Waals surface area contributed by atoms with E-state index in [1.165, 1.54) is 14.2 Å². The number of aromatic hydroxyl groups is 4. The van der Waals surface area contributed by atoms with Gasteiger partial charge in [0.15, 0.2) is 45.8 Å². The molecule has 0 unspecified atom stereocenters. The van der Waals surface area contributed by atoms with Gasteiger partial charge in [0.25, 0.3) is 11.8 Å². The highest BCUT2D eigenvalue weighted by molar-refractivity contribution is 6.05. The minimum Gasteiger partial charge on any atom is -0.505 e. The molecule has 98 heavy (non-hydrogen) atoms. The molecule has 0 spiro atoms. The number of carbonyl (C=O) groups is 6. The number of nitrogens with zero attached hydrogens (tertiary/aromatic N) is 4. The van der Waals surface area contributed by atoms with E-state index in [0.29, 0.717) is 112 Å². The zero-order chi connectivity index (χ0) is 70.2. The van der Waals surface area contributed by atoms with Crippen LogP contribution in [0.1, 0.15) is 64.7 Å². The van der Waals surface area contributed by atoms with Gasteiger partial charge >= 0.3 is 23.9 Å². The van der Waals surface area contributed by atoms with Crippen LogP contribution in [-0.2, 0) is 19.1 Å². The number of ether oxygens (including phenoxy) is 6. The molecule has 2 amide bonds. The monoisotopic (exact) mass is 1320 g/mol. The molecule has 0 atom stereocenters. The van der Waals surface area contributed by atoms with Crippen molar-refractivity contribution < 1.29 is 87.8 Å². The number of carboxylic acid groups (broad SMARTS) is 2. The van der Waals surface area contributed by atoms with Crippen LogP contribution in [0.15, 0.2) is 194 Å². The fourth-order valence-electron chi connectivity index (χ4n) is 9.76. The molecule has 8 aromatic carbocycles. The number of carbonyl (C=O) groups excluding carboxylic acids is 4. The summed E-state index contributed by atoms with van der Waals surface area (Å²) in [7, 11) is 2.47. The van der Waals surface area contributed by atoms with Crippen molar-refractivity contribution in [1.29, 1.82) is 0 Å². The van der Waals surface area contributed by atoms with E-state index >= 15 is 0 Å². The summed E-state index contributed by atoms with van der Waals surface area (Å²) in [5, 5.41) is 67.9. The number of hydrogen-bond acceptors (Lipinski definition) is 20. The van der Waals surface area contributed by atoms with Crippen molar-refractivity contribution in [3.63, 3.8) is 0 Å². The molecule has 496 valence electrons. The predicted molar refractivity (Wildman–Crippen MR) is 361 cm³/mol. The number of rotatable bonds is 16. The highest BCUT2D eigenvalue weighted by atomic mass is 16.5. The molecule has 4 heterocycles. The number of pyridine rings is 4. The first-order valence-corrected chi connectivity index (χ1v) is 29.7. The lowest BCUT2D eigenvalue weighted by Crippen LogP contribution is -2.30. The number of nitrogens with one attached hydrogen (secondary N) is 2. The van der Waals surface area contributed by atoms with Gasteiger partial charge < -0.3 is 69.7 Å². The molecule has 0 aliphatic heterocycles. The van der Waals surface area contributed by atoms with Crippen molar-refractivity contribution >= 4 is 78.8 Å². The van der Waals surface area contributed by atoms with Gasteiger partial charge in [-0.15, -0.1) is 0 Å². The van der Waals surface area contributed by atoms with Gasteiger partial charge in [-0.25, -0.2) is 29.5 Å². The highest BCUT2D eigenvalue weighted by Gasteiger charge is 2.23. The molecule has 12 rings (SSSR count). The summed E-state index contributed by atoms with van der Waals surface area (Å²) in [4.78, 5) is 85.1. The van der Waals surface area contributed by atoms with E-state index in [9.17, 15) is 49.2 Å². The van der Waals surface area contributed by atoms with Gasteiger partial charge in [-0.05, 0) is 149 Å². The smallest absolute Gasteiger partial charge is 0.360 e. The van der Waals surface area contributed by atoms with Crippen LogP contribution in [0.3, 0.4) is 0 Å². The standard InChI is InChI=1S/C20H18N2O5.C19H16N2O5.C18H15NO4.C17H13NO4/c1-12-16-10-14(27-13-6-4-3-5-7-13)8-9-15(16)19(24)18(22-12)20(25)21-11-17(23)26-2;1-11-15-9-13(26-12-5-3-2-4-6-12)7-8-14(15)18(24)17(21-11)19(25)20-10-16(22)23;1-11-15-10-13(23-12-6-4-3-5-7-12)8-9-14(15)17(20)16(19-11)18(21)22-2;1-10-14-9-12(22-11-5-3-2-4-6-11)7-8-13(14)16(19)15(18-10)17(20)21/h3-10,24H,11H2,1-2H3,(H,21,25);2-9,24H,10H2,1H3,(H,20,25)(H,22,23);3-10,20H,1-2H3;2-9,19H,1H3,(H,20,21). The minimum atomic E-state index is -1.26. The summed E-state index contributed by atoms with van der Waals surface area (Å²) in [5.41, 5.74) is 1.38. The van der Waals surface area contributed by atoms with Gasteiger partial charge in [-0.2, -0.15) is 0 Å². The van der Waals surface area contributed by atoms with Crippen molar-refractivity contribution in [2.45, 2.75) is 27.7 Å². The third-order valence-electron chi connectivity index (χ3n) is 14.5. The summed E-state index contributed by atoms with van der Waals surface area (Å²) in [6, 6.07) is 57.6. The van der Waals surface area contributed by atoms with Crippen molar-refractivity contribution in [3.05, 3.63) is 240 Å². The molecule has 24 nitrogen and oxygen atoms in total. The molecule has 0 aliphatic rings. The summed E-state index contributed by atoms with van der Waals surface area (Å²) < 4.78 is 32.2. The average molecular weight is 1320 g/mol. The third kappa shape index (κ3) is 16.9. The van der Waals surface area contributed by atoms with E-state index in [1.807, 2.05) is 121 Å². The number of aromatic carboxylic acids is 1. The second kappa shape index (κ2) is 31.5. The fraction of sp³-hybridized carbons (Fsp3) is 0.108. The first kappa shape index (κ1) is 69.0. The highest BCUT2D eigenvalue weighted by Crippen LogP contribution is 2.38. The van der Waals surface area contributed by atoms with Crippen molar-refractivity contribution in [3.8, 4) is 69.0 Å². The molecule has 0 aliphatic carbocycles. The second-order valence-electron chi connectivity index (χ2n) is 21.2. The van der Waals surface area contributed by atoms with E-state index in [-0.39, 0.29) is 52.3 Å². The first-order chi connectivity index (χ1) is 47.1. The van der Waals surface area contributed by atoms with Gasteiger partial charge in [0.1, 0.15) is 59.1 Å². The number of amides is 2. The fourth-order valence-corrected chi connectivity index (χ4v) is 9.76. The number of esters is 2. The Hall–Kier alpha value is -13.4. The predicted octanol–water partition coefficient (Wildman–Crippen LogP) is 13.4. The van der Waals surface area contributed by atoms with Crippen LogP contribution in [0.4, 0.5) is 0 Å². The van der Waals surface area contributed by atoms with E-state index in [2.05, 4.69) is 40.0 Å². The number of hydrogen-bond donors (Lipinski definition) is 8. The van der Waals surface area contributed by atoms with Crippen LogP contribution >= 0.6 is 0 Å². The number of aromatic nitrogens is 4. The third-order valence-corrected chi connectivity index (χ3v) is 14.5. The van der Waals surface area contributed by atoms with Crippen LogP contribution in [0, 0.1) is 27.7 Å². The maximum absolute atomic E-state index is 12.2. The lowest BCUT2D eigenvalue weighted by Gasteiger charge is -2.12. The molecular formula is C74H62N6O18. The molecule has 4 aromatic heterocycles. The normalized spacial score (nSPS) is 10.5.